The number of rotatable bonds is 3. The lowest BCUT2D eigenvalue weighted by molar-refractivity contribution is 0.748. The molecular weight excluding hydrogens is 1000 g/mol. The third-order valence-electron chi connectivity index (χ3n) is 20.4. The van der Waals surface area contributed by atoms with E-state index in [0.717, 1.165) is 17.1 Å². The summed E-state index contributed by atoms with van der Waals surface area (Å²) in [5.41, 5.74) is 34.1. The van der Waals surface area contributed by atoms with E-state index < -0.39 is 16.2 Å². The molecule has 0 fully saturated rings. The number of hydrogen-bond acceptors (Lipinski definition) is 1. The van der Waals surface area contributed by atoms with Crippen LogP contribution in [0.25, 0.3) is 83.1 Å². The Bertz CT molecular complexity index is 5150. The van der Waals surface area contributed by atoms with Gasteiger partial charge in [0.15, 0.2) is 0 Å². The maximum Gasteiger partial charge on any atom is 0.0755 e. The van der Waals surface area contributed by atoms with Gasteiger partial charge in [-0.1, -0.05) is 255 Å². The van der Waals surface area contributed by atoms with E-state index in [-0.39, 0.29) is 0 Å². The van der Waals surface area contributed by atoms with Gasteiger partial charge in [0.05, 0.1) is 44.3 Å². The zero-order valence-corrected chi connectivity index (χ0v) is 45.1. The highest BCUT2D eigenvalue weighted by Crippen LogP contribution is 2.69. The second-order valence-corrected chi connectivity index (χ2v) is 23.6. The summed E-state index contributed by atoms with van der Waals surface area (Å²) in [4.78, 5) is 2.69. The molecule has 13 aromatic carbocycles. The van der Waals surface area contributed by atoms with Crippen molar-refractivity contribution in [2.75, 3.05) is 4.90 Å². The van der Waals surface area contributed by atoms with Gasteiger partial charge in [0, 0.05) is 27.6 Å². The Morgan fingerprint density at radius 2 is 0.590 bits per heavy atom. The molecule has 14 aromatic rings. The zero-order chi connectivity index (χ0) is 53.9. The quantitative estimate of drug-likeness (QED) is 0.171. The predicted molar refractivity (Wildman–Crippen MR) is 339 cm³/mol. The van der Waals surface area contributed by atoms with Crippen LogP contribution in [0.2, 0.25) is 0 Å². The Morgan fingerprint density at radius 1 is 0.241 bits per heavy atom. The molecule has 83 heavy (non-hydrogen) atoms. The fourth-order valence-electron chi connectivity index (χ4n) is 17.7. The maximum atomic E-state index is 2.69. The second-order valence-electron chi connectivity index (χ2n) is 23.6. The summed E-state index contributed by atoms with van der Waals surface area (Å²) >= 11 is 0. The van der Waals surface area contributed by atoms with Crippen LogP contribution in [0.1, 0.15) is 66.8 Å². The molecule has 1 atom stereocenters. The molecule has 0 saturated carbocycles. The van der Waals surface area contributed by atoms with Crippen LogP contribution >= 0.6 is 0 Å². The number of nitrogens with zero attached hydrogens (tertiary/aromatic N) is 2. The minimum absolute atomic E-state index is 0.528. The maximum absolute atomic E-state index is 2.69. The Balaban J connectivity index is 0.928. The monoisotopic (exact) mass is 1050 g/mol. The molecular formula is C81H48N2. The number of hydrogen-bond donors (Lipinski definition) is 0. The summed E-state index contributed by atoms with van der Waals surface area (Å²) in [5, 5.41) is 2.55. The van der Waals surface area contributed by atoms with Gasteiger partial charge in [-0.2, -0.15) is 0 Å². The Morgan fingerprint density at radius 3 is 1.11 bits per heavy atom. The van der Waals surface area contributed by atoms with Crippen LogP contribution < -0.4 is 4.90 Å². The van der Waals surface area contributed by atoms with E-state index in [0.29, 0.717) is 0 Å². The van der Waals surface area contributed by atoms with Crippen LogP contribution in [0, 0.1) is 0 Å². The van der Waals surface area contributed by atoms with Gasteiger partial charge in [-0.3, -0.25) is 0 Å². The van der Waals surface area contributed by atoms with Gasteiger partial charge in [0.1, 0.15) is 0 Å². The van der Waals surface area contributed by atoms with Crippen molar-refractivity contribution in [2.45, 2.75) is 16.2 Å². The van der Waals surface area contributed by atoms with Gasteiger partial charge in [0.2, 0.25) is 0 Å². The number of aromatic nitrogens is 1. The van der Waals surface area contributed by atoms with Gasteiger partial charge in [0.25, 0.3) is 0 Å². The first kappa shape index (κ1) is 44.2. The molecule has 0 saturated heterocycles. The van der Waals surface area contributed by atoms with Gasteiger partial charge >= 0.3 is 0 Å². The van der Waals surface area contributed by atoms with Crippen molar-refractivity contribution in [3.63, 3.8) is 0 Å². The summed E-state index contributed by atoms with van der Waals surface area (Å²) in [6.45, 7) is 0. The largest absolute Gasteiger partial charge is 0.309 e. The number of anilines is 3. The number of para-hydroxylation sites is 3. The highest BCUT2D eigenvalue weighted by molar-refractivity contribution is 6.14. The number of benzene rings is 13. The van der Waals surface area contributed by atoms with E-state index in [1.54, 1.807) is 0 Å². The molecule has 3 spiro atoms. The van der Waals surface area contributed by atoms with Crippen LogP contribution in [0.15, 0.2) is 291 Å². The van der Waals surface area contributed by atoms with Gasteiger partial charge in [-0.05, 0) is 148 Å². The van der Waals surface area contributed by atoms with Gasteiger partial charge < -0.3 is 9.47 Å². The smallest absolute Gasteiger partial charge is 0.0755 e. The predicted octanol–water partition coefficient (Wildman–Crippen LogP) is 19.6. The Labute approximate surface area is 481 Å². The molecule has 0 radical (unpaired) electrons. The topological polar surface area (TPSA) is 8.17 Å². The minimum Gasteiger partial charge on any atom is -0.309 e. The first-order chi connectivity index (χ1) is 41.2. The van der Waals surface area contributed by atoms with Crippen LogP contribution in [0.4, 0.5) is 17.1 Å². The van der Waals surface area contributed by atoms with Crippen molar-refractivity contribution < 1.29 is 0 Å². The van der Waals surface area contributed by atoms with E-state index in [9.17, 15) is 0 Å². The summed E-state index contributed by atoms with van der Waals surface area (Å²) in [6.07, 6.45) is 0. The molecule has 5 aliphatic carbocycles. The summed E-state index contributed by atoms with van der Waals surface area (Å²) in [6, 6.07) is 112. The standard InChI is InChI=1S/C81H48N2/c1-9-31-60-50(22-1)51-23-2-10-32-61(51)79(60)65-36-14-6-28-58(65)76-68(79)39-20-44-74(76)82(49-46-47-55-54-26-5-13-35-64(54)80(71(55)48-49)62-33-11-3-24-52(62)53-25-4-12-34-63(53)80)75-45-21-40-69-77(75)59-29-7-15-37-66(59)81(69)67-38-16-18-43-73(67)83-72-42-17-8-27-56(72)57-30-19-41-70(81)78(57)83/h1-48H. The average Bonchev–Trinajstić information content (AvgIpc) is 2.04. The van der Waals surface area contributed by atoms with Crippen molar-refractivity contribution in [3.8, 4) is 61.3 Å². The molecule has 1 unspecified atom stereocenters. The minimum atomic E-state index is -0.637. The zero-order valence-electron chi connectivity index (χ0n) is 45.1. The third-order valence-corrected chi connectivity index (χ3v) is 20.4. The van der Waals surface area contributed by atoms with E-state index in [4.69, 9.17) is 0 Å². The normalized spacial score (nSPS) is 16.2. The van der Waals surface area contributed by atoms with Crippen molar-refractivity contribution >= 4 is 38.9 Å². The van der Waals surface area contributed by atoms with Crippen molar-refractivity contribution in [1.29, 1.82) is 0 Å². The highest BCUT2D eigenvalue weighted by atomic mass is 15.2. The lowest BCUT2D eigenvalue weighted by Gasteiger charge is -2.40. The SMILES string of the molecule is c1ccc2c(c1)-c1ccccc1C21c2ccccc2-c2ccc(N(c3cccc4c3-c3ccccc3C43c4ccccc4-c4ccccc43)c3cccc4c3-c3ccccc3C43c4ccccc4-n4c5ccccc5c5cccc3c54)cc21. The first-order valence-electron chi connectivity index (χ1n) is 29.3. The van der Waals surface area contributed by atoms with Crippen LogP contribution in [-0.4, -0.2) is 4.57 Å². The fourth-order valence-corrected chi connectivity index (χ4v) is 17.7. The Kier molecular flexibility index (Phi) is 8.24. The van der Waals surface area contributed by atoms with E-state index in [1.807, 2.05) is 0 Å². The molecule has 0 bridgehead atoms. The highest BCUT2D eigenvalue weighted by Gasteiger charge is 2.56. The molecule has 2 heteroatoms. The molecule has 382 valence electrons. The molecule has 1 aliphatic heterocycles. The number of fused-ring (bicyclic) bond motifs is 32. The van der Waals surface area contributed by atoms with Crippen LogP contribution in [-0.2, 0) is 16.2 Å². The molecule has 0 N–H and O–H groups in total. The first-order valence-corrected chi connectivity index (χ1v) is 29.3. The summed E-state index contributed by atoms with van der Waals surface area (Å²) in [5.74, 6) is 0. The fraction of sp³-hybridized carbons (Fsp3) is 0.0370. The molecule has 6 aliphatic rings. The van der Waals surface area contributed by atoms with Crippen molar-refractivity contribution in [1.82, 2.24) is 4.57 Å². The van der Waals surface area contributed by atoms with Crippen LogP contribution in [0.5, 0.6) is 0 Å². The van der Waals surface area contributed by atoms with Crippen LogP contribution in [0.3, 0.4) is 0 Å². The Hall–Kier alpha value is -10.5. The van der Waals surface area contributed by atoms with E-state index in [1.165, 1.54) is 150 Å². The molecule has 0 amide bonds. The van der Waals surface area contributed by atoms with Crippen molar-refractivity contribution in [2.24, 2.45) is 0 Å². The molecule has 1 aromatic heterocycles. The summed E-state index contributed by atoms with van der Waals surface area (Å²) < 4.78 is 2.55. The van der Waals surface area contributed by atoms with E-state index >= 15 is 0 Å². The van der Waals surface area contributed by atoms with Gasteiger partial charge in [-0.15, -0.1) is 0 Å². The lowest BCUT2D eigenvalue weighted by atomic mass is 9.65. The third kappa shape index (κ3) is 4.97. The van der Waals surface area contributed by atoms with Gasteiger partial charge in [-0.25, -0.2) is 0 Å². The average molecular weight is 1050 g/mol. The lowest BCUT2D eigenvalue weighted by Crippen LogP contribution is -2.33. The molecule has 2 heterocycles. The van der Waals surface area contributed by atoms with Crippen molar-refractivity contribution in [3.05, 3.63) is 358 Å². The molecule has 20 rings (SSSR count). The summed E-state index contributed by atoms with van der Waals surface area (Å²) in [7, 11) is 0. The van der Waals surface area contributed by atoms with E-state index in [2.05, 4.69) is 301 Å². The second kappa shape index (κ2) is 15.5. The molecule has 2 nitrogen and oxygen atoms in total.